The number of rotatable bonds is 6. The number of benzene rings is 3. The van der Waals surface area contributed by atoms with E-state index in [0.29, 0.717) is 24.4 Å². The Morgan fingerprint density at radius 3 is 2.12 bits per heavy atom. The molecule has 1 amide bonds. The monoisotopic (exact) mass is 683 g/mol. The minimum atomic E-state index is -0.261. The van der Waals surface area contributed by atoms with E-state index in [1.807, 2.05) is 12.1 Å². The van der Waals surface area contributed by atoms with Crippen molar-refractivity contribution in [1.29, 1.82) is 0 Å². The first-order valence-corrected chi connectivity index (χ1v) is 19.8. The van der Waals surface area contributed by atoms with Crippen molar-refractivity contribution in [2.24, 2.45) is 39.4 Å². The van der Waals surface area contributed by atoms with Gasteiger partial charge in [-0.3, -0.25) is 4.79 Å². The van der Waals surface area contributed by atoms with E-state index >= 15 is 0 Å². The molecule has 3 aromatic carbocycles. The van der Waals surface area contributed by atoms with Gasteiger partial charge in [0, 0.05) is 17.0 Å². The van der Waals surface area contributed by atoms with E-state index in [1.165, 1.54) is 59.1 Å². The summed E-state index contributed by atoms with van der Waals surface area (Å²) in [5.74, 6) is 1.94. The molecule has 51 heavy (non-hydrogen) atoms. The summed E-state index contributed by atoms with van der Waals surface area (Å²) in [4.78, 5) is 25.0. The SMILES string of the molecule is CCC1(NC(=O)OCC2c3ccccc3-c3ccccc32)CC[C@]2(C)C(CCC3C4(C)CC=C(c5ccc(C=O)cc5)C(C)(C)C4CCC32C)C1. The number of hydrogen-bond acceptors (Lipinski definition) is 3. The highest BCUT2D eigenvalue weighted by atomic mass is 16.5. The van der Waals surface area contributed by atoms with E-state index in [0.717, 1.165) is 44.0 Å². The van der Waals surface area contributed by atoms with Gasteiger partial charge in [0.2, 0.25) is 0 Å². The Kier molecular flexibility index (Phi) is 8.24. The number of carbonyl (C=O) groups excluding carboxylic acids is 2. The highest BCUT2D eigenvalue weighted by molar-refractivity contribution is 5.79. The van der Waals surface area contributed by atoms with Crippen LogP contribution in [0.5, 0.6) is 0 Å². The molecule has 6 unspecified atom stereocenters. The molecule has 0 heterocycles. The van der Waals surface area contributed by atoms with Gasteiger partial charge in [-0.15, -0.1) is 0 Å². The lowest BCUT2D eigenvalue weighted by atomic mass is 9.34. The van der Waals surface area contributed by atoms with Crippen molar-refractivity contribution >= 4 is 18.0 Å². The predicted octanol–water partition coefficient (Wildman–Crippen LogP) is 11.6. The largest absolute Gasteiger partial charge is 0.449 e. The van der Waals surface area contributed by atoms with E-state index < -0.39 is 0 Å². The number of nitrogens with one attached hydrogen (secondary N) is 1. The molecule has 268 valence electrons. The van der Waals surface area contributed by atoms with Crippen molar-refractivity contribution in [3.8, 4) is 11.1 Å². The van der Waals surface area contributed by atoms with Crippen molar-refractivity contribution in [2.75, 3.05) is 6.61 Å². The van der Waals surface area contributed by atoms with Gasteiger partial charge >= 0.3 is 6.09 Å². The first-order valence-electron chi connectivity index (χ1n) is 19.8. The molecule has 0 aromatic heterocycles. The molecule has 7 atom stereocenters. The Labute approximate surface area is 305 Å². The highest BCUT2D eigenvalue weighted by Gasteiger charge is 2.67. The molecule has 3 fully saturated rings. The summed E-state index contributed by atoms with van der Waals surface area (Å²) in [6.45, 7) is 15.5. The van der Waals surface area contributed by atoms with Crippen molar-refractivity contribution < 1.29 is 14.3 Å². The average molecular weight is 684 g/mol. The number of fused-ring (bicyclic) bond motifs is 8. The van der Waals surface area contributed by atoms with Gasteiger partial charge in [-0.25, -0.2) is 4.79 Å². The van der Waals surface area contributed by atoms with Crippen molar-refractivity contribution in [1.82, 2.24) is 5.32 Å². The van der Waals surface area contributed by atoms with Crippen LogP contribution in [0, 0.1) is 39.4 Å². The lowest BCUT2D eigenvalue weighted by Crippen LogP contribution is -2.65. The minimum absolute atomic E-state index is 0.0612. The molecule has 3 saturated carbocycles. The summed E-state index contributed by atoms with van der Waals surface area (Å²) in [5, 5.41) is 3.49. The number of aldehydes is 1. The summed E-state index contributed by atoms with van der Waals surface area (Å²) >= 11 is 0. The molecule has 5 aliphatic carbocycles. The molecule has 3 aromatic rings. The van der Waals surface area contributed by atoms with E-state index in [4.69, 9.17) is 4.74 Å². The topological polar surface area (TPSA) is 55.4 Å². The molecule has 1 N–H and O–H groups in total. The van der Waals surface area contributed by atoms with Gasteiger partial charge in [0.15, 0.2) is 0 Å². The lowest BCUT2D eigenvalue weighted by Gasteiger charge is -2.71. The molecule has 0 saturated heterocycles. The maximum atomic E-state index is 13.7. The van der Waals surface area contributed by atoms with Crippen LogP contribution in [0.1, 0.15) is 132 Å². The summed E-state index contributed by atoms with van der Waals surface area (Å²) in [6.07, 6.45) is 13.5. The zero-order valence-electron chi connectivity index (χ0n) is 31.7. The van der Waals surface area contributed by atoms with E-state index in [9.17, 15) is 9.59 Å². The first-order chi connectivity index (χ1) is 24.4. The smallest absolute Gasteiger partial charge is 0.407 e. The Balaban J connectivity index is 0.982. The molecule has 4 nitrogen and oxygen atoms in total. The van der Waals surface area contributed by atoms with Crippen LogP contribution in [0.25, 0.3) is 16.7 Å². The molecule has 0 radical (unpaired) electrons. The Morgan fingerprint density at radius 1 is 0.804 bits per heavy atom. The molecular weight excluding hydrogens is 627 g/mol. The second-order valence-corrected chi connectivity index (χ2v) is 18.3. The fourth-order valence-electron chi connectivity index (χ4n) is 13.1. The summed E-state index contributed by atoms with van der Waals surface area (Å²) in [7, 11) is 0. The van der Waals surface area contributed by atoms with Gasteiger partial charge in [0.05, 0.1) is 0 Å². The molecule has 0 bridgehead atoms. The fourth-order valence-corrected chi connectivity index (χ4v) is 13.1. The second kappa shape index (κ2) is 12.2. The summed E-state index contributed by atoms with van der Waals surface area (Å²) < 4.78 is 6.11. The number of carbonyl (C=O) groups is 2. The van der Waals surface area contributed by atoms with Crippen LogP contribution in [0.3, 0.4) is 0 Å². The lowest BCUT2D eigenvalue weighted by molar-refractivity contribution is -0.205. The molecule has 5 aliphatic rings. The average Bonchev–Trinajstić information content (AvgIpc) is 3.44. The van der Waals surface area contributed by atoms with Crippen LogP contribution in [-0.4, -0.2) is 24.5 Å². The van der Waals surface area contributed by atoms with Gasteiger partial charge in [0.1, 0.15) is 12.9 Å². The number of alkyl carbamates (subject to hydrolysis) is 1. The first kappa shape index (κ1) is 34.4. The standard InChI is InChI=1S/C47H57NO3/c1-7-47(48-42(50)51-30-38-36-14-10-8-12-34(36)35-13-9-11-15-37(35)38)27-26-45(5)33(28-47)20-21-41-44(4)24-22-39(32-18-16-31(29-49)17-19-32)43(2,3)40(44)23-25-46(41,45)6/h8-19,22,29,33,38,40-41H,7,20-21,23-28,30H2,1-6H3,(H,48,50)/t33?,40?,41?,44?,45-,46?,47?/m1/s1. The molecule has 8 rings (SSSR count). The van der Waals surface area contributed by atoms with Gasteiger partial charge in [0.25, 0.3) is 0 Å². The summed E-state index contributed by atoms with van der Waals surface area (Å²) in [6, 6.07) is 25.3. The number of hydrogen-bond donors (Lipinski definition) is 1. The molecule has 0 spiro atoms. The highest BCUT2D eigenvalue weighted by Crippen LogP contribution is 2.74. The maximum absolute atomic E-state index is 13.7. The number of allylic oxidation sites excluding steroid dienone is 2. The van der Waals surface area contributed by atoms with Gasteiger partial charge in [-0.05, 0) is 131 Å². The van der Waals surface area contributed by atoms with Crippen LogP contribution in [0.2, 0.25) is 0 Å². The van der Waals surface area contributed by atoms with Crippen molar-refractivity contribution in [2.45, 2.75) is 111 Å². The molecule has 4 heteroatoms. The summed E-state index contributed by atoms with van der Waals surface area (Å²) in [5.41, 5.74) is 9.06. The Hall–Kier alpha value is -3.66. The third-order valence-electron chi connectivity index (χ3n) is 16.1. The van der Waals surface area contributed by atoms with E-state index in [-0.39, 0.29) is 39.2 Å². The molecular formula is C47H57NO3. The predicted molar refractivity (Wildman–Crippen MR) is 207 cm³/mol. The van der Waals surface area contributed by atoms with E-state index in [1.54, 1.807) is 0 Å². The maximum Gasteiger partial charge on any atom is 0.407 e. The Morgan fingerprint density at radius 2 is 1.47 bits per heavy atom. The van der Waals surface area contributed by atoms with Crippen molar-refractivity contribution in [3.05, 3.63) is 101 Å². The zero-order valence-corrected chi connectivity index (χ0v) is 31.7. The quantitative estimate of drug-likeness (QED) is 0.263. The van der Waals surface area contributed by atoms with E-state index in [2.05, 4.69) is 114 Å². The minimum Gasteiger partial charge on any atom is -0.449 e. The Bertz CT molecular complexity index is 1830. The third kappa shape index (κ3) is 5.12. The number of amides is 1. The third-order valence-corrected chi connectivity index (χ3v) is 16.1. The van der Waals surface area contributed by atoms with Crippen LogP contribution in [-0.2, 0) is 4.74 Å². The van der Waals surface area contributed by atoms with Gasteiger partial charge in [-0.2, -0.15) is 0 Å². The molecule has 0 aliphatic heterocycles. The number of ether oxygens (including phenoxy) is 1. The van der Waals surface area contributed by atoms with Crippen LogP contribution >= 0.6 is 0 Å². The van der Waals surface area contributed by atoms with Crippen LogP contribution in [0.15, 0.2) is 78.9 Å². The van der Waals surface area contributed by atoms with Crippen LogP contribution in [0.4, 0.5) is 4.79 Å². The second-order valence-electron chi connectivity index (χ2n) is 18.3. The fraction of sp³-hybridized carbons (Fsp3) is 0.532. The zero-order chi connectivity index (χ0) is 35.8. The van der Waals surface area contributed by atoms with Gasteiger partial charge < -0.3 is 10.1 Å². The van der Waals surface area contributed by atoms with Crippen LogP contribution < -0.4 is 5.32 Å². The van der Waals surface area contributed by atoms with Crippen molar-refractivity contribution in [3.63, 3.8) is 0 Å². The van der Waals surface area contributed by atoms with Gasteiger partial charge in [-0.1, -0.05) is 120 Å². The normalized spacial score (nSPS) is 34.9.